The van der Waals surface area contributed by atoms with Crippen molar-refractivity contribution in [2.45, 2.75) is 45.3 Å². The Bertz CT molecular complexity index is 502. The molecule has 0 aromatic heterocycles. The van der Waals surface area contributed by atoms with E-state index in [1.807, 2.05) is 13.8 Å². The van der Waals surface area contributed by atoms with Crippen LogP contribution in [0.4, 0.5) is 0 Å². The molecule has 3 rings (SSSR count). The summed E-state index contributed by atoms with van der Waals surface area (Å²) in [6.07, 6.45) is -0.0271. The Hall–Kier alpha value is -0.930. The lowest BCUT2D eigenvalue weighted by atomic mass is 9.43. The highest BCUT2D eigenvalue weighted by atomic mass is 32.3. The van der Waals surface area contributed by atoms with Crippen LogP contribution in [0.3, 0.4) is 0 Å². The van der Waals surface area contributed by atoms with Gasteiger partial charge in [-0.2, -0.15) is 8.42 Å². The number of hydrogen-bond acceptors (Lipinski definition) is 6. The van der Waals surface area contributed by atoms with Crippen LogP contribution < -0.4 is 0 Å². The van der Waals surface area contributed by atoms with Gasteiger partial charge in [-0.25, -0.2) is 4.18 Å². The van der Waals surface area contributed by atoms with Gasteiger partial charge in [0.1, 0.15) is 11.7 Å². The average molecular weight is 295 g/mol. The van der Waals surface area contributed by atoms with E-state index in [0.29, 0.717) is 6.42 Å². The van der Waals surface area contributed by atoms with Crippen LogP contribution in [0.2, 0.25) is 0 Å². The monoisotopic (exact) mass is 295 g/mol. The number of fused-ring (bicyclic) bond motifs is 2. The average Bonchev–Trinajstić information content (AvgIpc) is 2.17. The van der Waals surface area contributed by atoms with E-state index in [4.69, 9.17) is 9.39 Å². The fraction of sp³-hybridized carbons (Fsp3) is 1.00. The van der Waals surface area contributed by atoms with Crippen LogP contribution in [0.1, 0.15) is 33.6 Å². The summed E-state index contributed by atoms with van der Waals surface area (Å²) in [7, 11) is -4.67. The van der Waals surface area contributed by atoms with Crippen LogP contribution in [0, 0.1) is 27.4 Å². The summed E-state index contributed by atoms with van der Waals surface area (Å²) in [5.74, 6) is 0.00331. The van der Waals surface area contributed by atoms with E-state index in [1.165, 1.54) is 6.92 Å². The molecule has 9 heteroatoms. The number of rotatable bonds is 4. The summed E-state index contributed by atoms with van der Waals surface area (Å²) in [6, 6.07) is 0. The molecule has 3 aliphatic rings. The first-order chi connectivity index (χ1) is 8.47. The molecule has 2 bridgehead atoms. The molecular weight excluding hydrogens is 278 g/mol. The third-order valence-electron chi connectivity index (χ3n) is 4.81. The fourth-order valence-corrected chi connectivity index (χ4v) is 4.23. The molecule has 0 spiro atoms. The van der Waals surface area contributed by atoms with Crippen LogP contribution >= 0.6 is 0 Å². The van der Waals surface area contributed by atoms with Crippen molar-refractivity contribution in [3.8, 4) is 0 Å². The van der Waals surface area contributed by atoms with Gasteiger partial charge in [0.2, 0.25) is 0 Å². The van der Waals surface area contributed by atoms with Crippen LogP contribution in [-0.2, 0) is 19.4 Å². The standard InChI is InChI=1S/C10H17NO7S/c1-9(2)6-4-7(9)10(3,18-11(12)13)8(5-6)17-19(14,15)16/h6-8H,4-5H2,1-3H3,(H,14,15,16). The zero-order valence-corrected chi connectivity index (χ0v) is 11.7. The van der Waals surface area contributed by atoms with Gasteiger partial charge in [-0.1, -0.05) is 13.8 Å². The van der Waals surface area contributed by atoms with Crippen molar-refractivity contribution >= 4 is 10.4 Å². The van der Waals surface area contributed by atoms with E-state index in [1.54, 1.807) is 0 Å². The van der Waals surface area contributed by atoms with Crippen molar-refractivity contribution in [1.29, 1.82) is 0 Å². The summed E-state index contributed by atoms with van der Waals surface area (Å²) in [6.45, 7) is 5.40. The van der Waals surface area contributed by atoms with Gasteiger partial charge in [0, 0.05) is 0 Å². The Balaban J connectivity index is 2.32. The topological polar surface area (TPSA) is 116 Å². The highest BCUT2D eigenvalue weighted by Crippen LogP contribution is 2.64. The van der Waals surface area contributed by atoms with E-state index >= 15 is 0 Å². The molecule has 1 N–H and O–H groups in total. The zero-order valence-electron chi connectivity index (χ0n) is 10.9. The van der Waals surface area contributed by atoms with E-state index in [0.717, 1.165) is 6.42 Å². The van der Waals surface area contributed by atoms with Crippen LogP contribution in [0.5, 0.6) is 0 Å². The first kappa shape index (κ1) is 14.5. The van der Waals surface area contributed by atoms with Gasteiger partial charge in [0.05, 0.1) is 0 Å². The molecule has 3 aliphatic carbocycles. The highest BCUT2D eigenvalue weighted by Gasteiger charge is 2.66. The van der Waals surface area contributed by atoms with Gasteiger partial charge in [0.15, 0.2) is 0 Å². The van der Waals surface area contributed by atoms with Gasteiger partial charge in [-0.15, -0.1) is 10.1 Å². The third kappa shape index (κ3) is 2.30. The van der Waals surface area contributed by atoms with Gasteiger partial charge in [-0.3, -0.25) is 4.55 Å². The molecule has 19 heavy (non-hydrogen) atoms. The second-order valence-corrected chi connectivity index (χ2v) is 7.10. The molecule has 3 saturated carbocycles. The normalized spacial score (nSPS) is 40.3. The first-order valence-electron chi connectivity index (χ1n) is 5.96. The SMILES string of the molecule is CC1(C)C2CC(OS(=O)(=O)O)C(C)(O[N+](=O)[O-])C1C2. The first-order valence-corrected chi connectivity index (χ1v) is 7.32. The molecule has 4 unspecified atom stereocenters. The number of hydrogen-bond donors (Lipinski definition) is 1. The van der Waals surface area contributed by atoms with Crippen molar-refractivity contribution in [2.75, 3.05) is 0 Å². The van der Waals surface area contributed by atoms with Crippen molar-refractivity contribution in [2.24, 2.45) is 17.3 Å². The molecule has 4 atom stereocenters. The maximum atomic E-state index is 10.9. The lowest BCUT2D eigenvalue weighted by Crippen LogP contribution is -2.68. The van der Waals surface area contributed by atoms with Gasteiger partial charge in [0.25, 0.3) is 5.09 Å². The van der Waals surface area contributed by atoms with E-state index < -0.39 is 27.2 Å². The molecule has 8 nitrogen and oxygen atoms in total. The maximum Gasteiger partial charge on any atom is 0.397 e. The minimum absolute atomic E-state index is 0.177. The second kappa shape index (κ2) is 4.03. The Morgan fingerprint density at radius 2 is 1.89 bits per heavy atom. The smallest absolute Gasteiger partial charge is 0.304 e. The fourth-order valence-electron chi connectivity index (χ4n) is 3.67. The maximum absolute atomic E-state index is 10.9. The van der Waals surface area contributed by atoms with Gasteiger partial charge in [-0.05, 0) is 37.0 Å². The highest BCUT2D eigenvalue weighted by molar-refractivity contribution is 7.80. The molecule has 0 heterocycles. The molecule has 0 aliphatic heterocycles. The van der Waals surface area contributed by atoms with E-state index in [9.17, 15) is 18.5 Å². The molecule has 0 saturated heterocycles. The third-order valence-corrected chi connectivity index (χ3v) is 5.28. The van der Waals surface area contributed by atoms with Crippen LogP contribution in [0.25, 0.3) is 0 Å². The quantitative estimate of drug-likeness (QED) is 0.470. The molecule has 0 aromatic rings. The van der Waals surface area contributed by atoms with Gasteiger partial charge < -0.3 is 4.84 Å². The van der Waals surface area contributed by atoms with Crippen LogP contribution in [0.15, 0.2) is 0 Å². The Morgan fingerprint density at radius 1 is 1.32 bits per heavy atom. The molecule has 3 fully saturated rings. The lowest BCUT2D eigenvalue weighted by molar-refractivity contribution is -0.788. The van der Waals surface area contributed by atoms with Crippen LogP contribution in [-0.4, -0.2) is 29.8 Å². The molecule has 0 amide bonds. The summed E-state index contributed by atoms with van der Waals surface area (Å²) in [4.78, 5) is 15.4. The summed E-state index contributed by atoms with van der Waals surface area (Å²) >= 11 is 0. The number of nitrogens with zero attached hydrogens (tertiary/aromatic N) is 1. The van der Waals surface area contributed by atoms with Crippen molar-refractivity contribution in [3.05, 3.63) is 10.1 Å². The molecule has 0 radical (unpaired) electrons. The predicted molar refractivity (Wildman–Crippen MR) is 62.9 cm³/mol. The molecule has 0 aromatic carbocycles. The summed E-state index contributed by atoms with van der Waals surface area (Å²) < 4.78 is 35.1. The van der Waals surface area contributed by atoms with Crippen molar-refractivity contribution in [1.82, 2.24) is 0 Å². The minimum Gasteiger partial charge on any atom is -0.304 e. The lowest BCUT2D eigenvalue weighted by Gasteiger charge is -2.64. The van der Waals surface area contributed by atoms with Crippen molar-refractivity contribution < 1.29 is 27.1 Å². The van der Waals surface area contributed by atoms with Crippen molar-refractivity contribution in [3.63, 3.8) is 0 Å². The second-order valence-electron chi connectivity index (χ2n) is 6.05. The zero-order chi connectivity index (χ0) is 14.6. The summed E-state index contributed by atoms with van der Waals surface area (Å²) in [5.41, 5.74) is -1.55. The van der Waals surface area contributed by atoms with E-state index in [2.05, 4.69) is 4.18 Å². The molecule has 110 valence electrons. The largest absolute Gasteiger partial charge is 0.397 e. The summed E-state index contributed by atoms with van der Waals surface area (Å²) in [5, 5.41) is 9.74. The molecular formula is C10H17NO7S. The minimum atomic E-state index is -4.67. The van der Waals surface area contributed by atoms with E-state index in [-0.39, 0.29) is 17.3 Å². The Morgan fingerprint density at radius 3 is 2.32 bits per heavy atom. The Labute approximate surface area is 111 Å². The van der Waals surface area contributed by atoms with Gasteiger partial charge >= 0.3 is 10.4 Å². The predicted octanol–water partition coefficient (Wildman–Crippen LogP) is 1.21. The Kier molecular flexibility index (Phi) is 3.07.